The highest BCUT2D eigenvalue weighted by molar-refractivity contribution is 6.30. The molecule has 0 fully saturated rings. The van der Waals surface area contributed by atoms with Crippen molar-refractivity contribution in [3.8, 4) is 0 Å². The zero-order valence-electron chi connectivity index (χ0n) is 12.4. The predicted molar refractivity (Wildman–Crippen MR) is 81.7 cm³/mol. The Balaban J connectivity index is 3.09. The molecule has 1 rings (SSSR count). The van der Waals surface area contributed by atoms with Gasteiger partial charge in [-0.05, 0) is 30.2 Å². The first-order chi connectivity index (χ1) is 9.92. The molecule has 21 heavy (non-hydrogen) atoms. The Hall–Kier alpha value is -1.81. The average Bonchev–Trinajstić information content (AvgIpc) is 2.36. The van der Waals surface area contributed by atoms with Crippen LogP contribution >= 0.6 is 11.6 Å². The van der Waals surface area contributed by atoms with E-state index < -0.39 is 18.2 Å². The number of carbonyl (C=O) groups is 2. The molecule has 1 aromatic rings. The molecule has 0 aliphatic carbocycles. The van der Waals surface area contributed by atoms with Gasteiger partial charge in [0.25, 0.3) is 6.29 Å². The molecular formula is C16H19ClO4. The molecule has 114 valence electrons. The van der Waals surface area contributed by atoms with Crippen LogP contribution in [0, 0.1) is 0 Å². The fourth-order valence-corrected chi connectivity index (χ4v) is 2.03. The summed E-state index contributed by atoms with van der Waals surface area (Å²) in [7, 11) is 0. The maximum atomic E-state index is 11.2. The SMILES string of the molecule is CCC/C(=C\c1cccc(Cl)c1)C(OC(C)=O)OC(C)=O. The van der Waals surface area contributed by atoms with E-state index in [1.54, 1.807) is 12.1 Å². The lowest BCUT2D eigenvalue weighted by molar-refractivity contribution is -0.178. The van der Waals surface area contributed by atoms with Gasteiger partial charge in [0, 0.05) is 24.4 Å². The zero-order chi connectivity index (χ0) is 15.8. The molecule has 0 N–H and O–H groups in total. The first-order valence-electron chi connectivity index (χ1n) is 6.72. The number of hydrogen-bond acceptors (Lipinski definition) is 4. The summed E-state index contributed by atoms with van der Waals surface area (Å²) in [5, 5.41) is 0.608. The summed E-state index contributed by atoms with van der Waals surface area (Å²) >= 11 is 5.95. The van der Waals surface area contributed by atoms with E-state index in [1.807, 2.05) is 25.1 Å². The van der Waals surface area contributed by atoms with Crippen molar-refractivity contribution >= 4 is 29.6 Å². The highest BCUT2D eigenvalue weighted by Crippen LogP contribution is 2.21. The molecule has 0 atom stereocenters. The van der Waals surface area contributed by atoms with E-state index >= 15 is 0 Å². The van der Waals surface area contributed by atoms with Gasteiger partial charge < -0.3 is 9.47 Å². The van der Waals surface area contributed by atoms with E-state index in [-0.39, 0.29) is 0 Å². The van der Waals surface area contributed by atoms with Gasteiger partial charge in [0.2, 0.25) is 0 Å². The minimum absolute atomic E-state index is 0.505. The van der Waals surface area contributed by atoms with Gasteiger partial charge in [0.15, 0.2) is 0 Å². The Bertz CT molecular complexity index is 521. The quantitative estimate of drug-likeness (QED) is 0.589. The van der Waals surface area contributed by atoms with Crippen LogP contribution in [0.3, 0.4) is 0 Å². The van der Waals surface area contributed by atoms with Crippen molar-refractivity contribution in [2.24, 2.45) is 0 Å². The number of carbonyl (C=O) groups excluding carboxylic acids is 2. The minimum Gasteiger partial charge on any atom is -0.421 e. The van der Waals surface area contributed by atoms with E-state index in [2.05, 4.69) is 0 Å². The summed E-state index contributed by atoms with van der Waals surface area (Å²) in [6.45, 7) is 4.54. The van der Waals surface area contributed by atoms with Gasteiger partial charge in [0.1, 0.15) is 0 Å². The summed E-state index contributed by atoms with van der Waals surface area (Å²) < 4.78 is 10.2. The van der Waals surface area contributed by atoms with Crippen molar-refractivity contribution in [1.82, 2.24) is 0 Å². The van der Waals surface area contributed by atoms with Crippen LogP contribution in [-0.2, 0) is 19.1 Å². The van der Waals surface area contributed by atoms with Crippen molar-refractivity contribution in [2.45, 2.75) is 39.9 Å². The van der Waals surface area contributed by atoms with Crippen LogP contribution in [0.15, 0.2) is 29.8 Å². The third-order valence-corrected chi connectivity index (χ3v) is 2.82. The maximum Gasteiger partial charge on any atom is 0.305 e. The lowest BCUT2D eigenvalue weighted by Crippen LogP contribution is -2.24. The second-order valence-electron chi connectivity index (χ2n) is 4.58. The Kier molecular flexibility index (Phi) is 6.96. The van der Waals surface area contributed by atoms with Crippen molar-refractivity contribution in [1.29, 1.82) is 0 Å². The van der Waals surface area contributed by atoms with E-state index in [0.717, 1.165) is 12.0 Å². The van der Waals surface area contributed by atoms with Crippen LogP contribution in [0.25, 0.3) is 6.08 Å². The molecule has 1 aromatic carbocycles. The molecule has 4 nitrogen and oxygen atoms in total. The second-order valence-corrected chi connectivity index (χ2v) is 5.01. The fraction of sp³-hybridized carbons (Fsp3) is 0.375. The maximum absolute atomic E-state index is 11.2. The van der Waals surface area contributed by atoms with Crippen LogP contribution in [0.2, 0.25) is 5.02 Å². The van der Waals surface area contributed by atoms with Gasteiger partial charge >= 0.3 is 11.9 Å². The van der Waals surface area contributed by atoms with Gasteiger partial charge in [-0.15, -0.1) is 0 Å². The number of ether oxygens (including phenoxy) is 2. The van der Waals surface area contributed by atoms with Gasteiger partial charge in [-0.3, -0.25) is 9.59 Å². The predicted octanol–water partition coefficient (Wildman–Crippen LogP) is 3.98. The Morgan fingerprint density at radius 1 is 1.24 bits per heavy atom. The van der Waals surface area contributed by atoms with Gasteiger partial charge in [-0.2, -0.15) is 0 Å². The van der Waals surface area contributed by atoms with Crippen molar-refractivity contribution in [3.63, 3.8) is 0 Å². The molecule has 0 unspecified atom stereocenters. The normalized spacial score (nSPS) is 11.4. The van der Waals surface area contributed by atoms with Gasteiger partial charge in [-0.25, -0.2) is 0 Å². The molecule has 0 radical (unpaired) electrons. The fourth-order valence-electron chi connectivity index (χ4n) is 1.83. The number of benzene rings is 1. The first kappa shape index (κ1) is 17.2. The zero-order valence-corrected chi connectivity index (χ0v) is 13.1. The first-order valence-corrected chi connectivity index (χ1v) is 7.10. The largest absolute Gasteiger partial charge is 0.421 e. The van der Waals surface area contributed by atoms with Crippen molar-refractivity contribution < 1.29 is 19.1 Å². The highest BCUT2D eigenvalue weighted by Gasteiger charge is 2.20. The van der Waals surface area contributed by atoms with Crippen LogP contribution in [0.4, 0.5) is 0 Å². The lowest BCUT2D eigenvalue weighted by Gasteiger charge is -2.19. The number of rotatable bonds is 6. The van der Waals surface area contributed by atoms with Crippen molar-refractivity contribution in [3.05, 3.63) is 40.4 Å². The minimum atomic E-state index is -1.00. The Morgan fingerprint density at radius 3 is 2.33 bits per heavy atom. The topological polar surface area (TPSA) is 52.6 Å². The Labute approximate surface area is 129 Å². The lowest BCUT2D eigenvalue weighted by atomic mass is 10.1. The third kappa shape index (κ3) is 6.45. The highest BCUT2D eigenvalue weighted by atomic mass is 35.5. The number of esters is 2. The van der Waals surface area contributed by atoms with Gasteiger partial charge in [0.05, 0.1) is 0 Å². The molecule has 0 aliphatic heterocycles. The summed E-state index contributed by atoms with van der Waals surface area (Å²) in [6.07, 6.45) is 2.29. The van der Waals surface area contributed by atoms with E-state index in [9.17, 15) is 9.59 Å². The molecule has 0 saturated heterocycles. The average molecular weight is 311 g/mol. The van der Waals surface area contributed by atoms with Gasteiger partial charge in [-0.1, -0.05) is 37.1 Å². The molecule has 0 spiro atoms. The van der Waals surface area contributed by atoms with Crippen LogP contribution in [-0.4, -0.2) is 18.2 Å². The second kappa shape index (κ2) is 8.47. The molecular weight excluding hydrogens is 292 g/mol. The monoisotopic (exact) mass is 310 g/mol. The molecule has 0 bridgehead atoms. The third-order valence-electron chi connectivity index (χ3n) is 2.59. The van der Waals surface area contributed by atoms with E-state index in [4.69, 9.17) is 21.1 Å². The smallest absolute Gasteiger partial charge is 0.305 e. The van der Waals surface area contributed by atoms with Crippen LogP contribution in [0.1, 0.15) is 39.2 Å². The molecule has 0 amide bonds. The molecule has 0 saturated carbocycles. The summed E-state index contributed by atoms with van der Waals surface area (Å²) in [5.41, 5.74) is 1.57. The molecule has 5 heteroatoms. The Morgan fingerprint density at radius 2 is 1.86 bits per heavy atom. The van der Waals surface area contributed by atoms with E-state index in [1.165, 1.54) is 13.8 Å². The number of hydrogen-bond donors (Lipinski definition) is 0. The standard InChI is InChI=1S/C16H19ClO4/c1-4-6-14(9-13-7-5-8-15(17)10-13)16(20-11(2)18)21-12(3)19/h5,7-10,16H,4,6H2,1-3H3/b14-9+. The molecule has 0 heterocycles. The van der Waals surface area contributed by atoms with Crippen LogP contribution < -0.4 is 0 Å². The van der Waals surface area contributed by atoms with E-state index in [0.29, 0.717) is 17.0 Å². The molecule has 0 aliphatic rings. The summed E-state index contributed by atoms with van der Waals surface area (Å²) in [4.78, 5) is 22.4. The summed E-state index contributed by atoms with van der Waals surface area (Å²) in [5.74, 6) is -1.01. The van der Waals surface area contributed by atoms with Crippen molar-refractivity contribution in [2.75, 3.05) is 0 Å². The number of halogens is 1. The summed E-state index contributed by atoms with van der Waals surface area (Å²) in [6, 6.07) is 7.26. The molecule has 0 aromatic heterocycles. The van der Waals surface area contributed by atoms with Crippen LogP contribution in [0.5, 0.6) is 0 Å².